The Hall–Kier alpha value is -1.22. The third kappa shape index (κ3) is 3.52. The van der Waals surface area contributed by atoms with Crippen molar-refractivity contribution in [3.63, 3.8) is 0 Å². The molecule has 2 aromatic rings. The molecule has 3 rings (SSSR count). The molecule has 0 radical (unpaired) electrons. The first-order valence-corrected chi connectivity index (χ1v) is 7.85. The van der Waals surface area contributed by atoms with Crippen molar-refractivity contribution in [3.05, 3.63) is 65.2 Å². The molecule has 1 aliphatic rings. The Labute approximate surface area is 137 Å². The van der Waals surface area contributed by atoms with E-state index < -0.39 is 0 Å². The number of nitrogens with two attached hydrogens (primary N) is 1. The number of halogens is 1. The molecule has 110 valence electrons. The Morgan fingerprint density at radius 2 is 1.95 bits per heavy atom. The van der Waals surface area contributed by atoms with Crippen molar-refractivity contribution in [1.29, 1.82) is 0 Å². The van der Waals surface area contributed by atoms with E-state index >= 15 is 0 Å². The summed E-state index contributed by atoms with van der Waals surface area (Å²) >= 11 is 1.85. The minimum atomic E-state index is 0. The van der Waals surface area contributed by atoms with E-state index in [4.69, 9.17) is 5.73 Å². The van der Waals surface area contributed by atoms with Crippen molar-refractivity contribution in [1.82, 2.24) is 0 Å². The van der Waals surface area contributed by atoms with Gasteiger partial charge in [0.05, 0.1) is 0 Å². The molecule has 21 heavy (non-hydrogen) atoms. The van der Waals surface area contributed by atoms with Crippen LogP contribution in [0.25, 0.3) is 5.57 Å². The molecule has 0 unspecified atom stereocenters. The van der Waals surface area contributed by atoms with Crippen molar-refractivity contribution in [3.8, 4) is 0 Å². The molecule has 0 atom stereocenters. The van der Waals surface area contributed by atoms with Crippen LogP contribution in [0.1, 0.15) is 23.1 Å². The molecule has 1 nitrogen and oxygen atoms in total. The highest BCUT2D eigenvalue weighted by atomic mass is 35.5. The van der Waals surface area contributed by atoms with Gasteiger partial charge in [-0.15, -0.1) is 12.4 Å². The molecule has 0 saturated heterocycles. The molecule has 1 aliphatic carbocycles. The summed E-state index contributed by atoms with van der Waals surface area (Å²) < 4.78 is 0. The predicted octanol–water partition coefficient (Wildman–Crippen LogP) is 4.86. The number of hydrogen-bond donors (Lipinski definition) is 1. The van der Waals surface area contributed by atoms with Gasteiger partial charge in [-0.05, 0) is 60.2 Å². The molecule has 0 heterocycles. The number of benzene rings is 2. The first-order valence-electron chi connectivity index (χ1n) is 7.04. The van der Waals surface area contributed by atoms with Crippen LogP contribution in [0.2, 0.25) is 0 Å². The van der Waals surface area contributed by atoms with Gasteiger partial charge in [0.25, 0.3) is 0 Å². The molecule has 0 aromatic heterocycles. The smallest absolute Gasteiger partial charge is 0.0181 e. The average molecular weight is 318 g/mol. The number of allylic oxidation sites excluding steroid dienone is 1. The van der Waals surface area contributed by atoms with E-state index in [2.05, 4.69) is 55.5 Å². The molecule has 0 amide bonds. The lowest BCUT2D eigenvalue weighted by atomic mass is 9.91. The Bertz CT molecular complexity index is 664. The Morgan fingerprint density at radius 1 is 1.14 bits per heavy atom. The van der Waals surface area contributed by atoms with E-state index in [0.29, 0.717) is 6.54 Å². The van der Waals surface area contributed by atoms with Crippen LogP contribution >= 0.6 is 24.2 Å². The molecule has 0 bridgehead atoms. The first-order chi connectivity index (χ1) is 9.78. The summed E-state index contributed by atoms with van der Waals surface area (Å²) in [6.07, 6.45) is 4.51. The number of fused-ring (bicyclic) bond motifs is 1. The Kier molecular flexibility index (Phi) is 5.51. The monoisotopic (exact) mass is 317 g/mol. The summed E-state index contributed by atoms with van der Waals surface area (Å²) in [5.41, 5.74) is 11.2. The summed E-state index contributed by atoms with van der Waals surface area (Å²) in [6, 6.07) is 15.3. The minimum absolute atomic E-state index is 0. The van der Waals surface area contributed by atoms with Gasteiger partial charge in [0.1, 0.15) is 0 Å². The van der Waals surface area contributed by atoms with E-state index in [1.165, 1.54) is 32.1 Å². The van der Waals surface area contributed by atoms with Crippen LogP contribution < -0.4 is 5.73 Å². The van der Waals surface area contributed by atoms with Crippen LogP contribution in [0.15, 0.2) is 58.3 Å². The van der Waals surface area contributed by atoms with Crippen molar-refractivity contribution < 1.29 is 0 Å². The summed E-state index contributed by atoms with van der Waals surface area (Å²) in [5, 5.41) is 0. The largest absolute Gasteiger partial charge is 0.326 e. The van der Waals surface area contributed by atoms with Gasteiger partial charge >= 0.3 is 0 Å². The van der Waals surface area contributed by atoms with Crippen molar-refractivity contribution in [2.24, 2.45) is 5.73 Å². The van der Waals surface area contributed by atoms with E-state index in [9.17, 15) is 0 Å². The maximum absolute atomic E-state index is 5.83. The zero-order valence-electron chi connectivity index (χ0n) is 12.1. The van der Waals surface area contributed by atoms with Crippen molar-refractivity contribution in [2.75, 3.05) is 6.54 Å². The van der Waals surface area contributed by atoms with Gasteiger partial charge in [-0.2, -0.15) is 0 Å². The van der Waals surface area contributed by atoms with Gasteiger partial charge in [-0.25, -0.2) is 0 Å². The average Bonchev–Trinajstić information content (AvgIpc) is 2.49. The topological polar surface area (TPSA) is 26.0 Å². The second-order valence-electron chi connectivity index (χ2n) is 5.16. The maximum Gasteiger partial charge on any atom is 0.0181 e. The van der Waals surface area contributed by atoms with Crippen LogP contribution in [0, 0.1) is 6.92 Å². The van der Waals surface area contributed by atoms with E-state index in [0.717, 1.165) is 12.8 Å². The lowest BCUT2D eigenvalue weighted by Gasteiger charge is -2.18. The molecule has 0 spiro atoms. The molecule has 3 heteroatoms. The SMILES string of the molecule is Cc1ccccc1Sc1ccc2c(c1)CCC=C2CN.Cl. The molecule has 0 aliphatic heterocycles. The van der Waals surface area contributed by atoms with Crippen molar-refractivity contribution >= 4 is 29.7 Å². The van der Waals surface area contributed by atoms with E-state index in [1.807, 2.05) is 11.8 Å². The molecular weight excluding hydrogens is 298 g/mol. The minimum Gasteiger partial charge on any atom is -0.326 e. The van der Waals surface area contributed by atoms with E-state index in [-0.39, 0.29) is 12.4 Å². The van der Waals surface area contributed by atoms with Crippen LogP contribution in [-0.4, -0.2) is 6.54 Å². The standard InChI is InChI=1S/C18H19NS.ClH/c1-13-5-2-3-8-18(13)20-16-9-10-17-14(11-16)6-4-7-15(17)12-19;/h2-3,5,7-11H,4,6,12,19H2,1H3;1H. The lowest BCUT2D eigenvalue weighted by molar-refractivity contribution is 0.960. The third-order valence-corrected chi connectivity index (χ3v) is 4.94. The normalized spacial score (nSPS) is 13.1. The van der Waals surface area contributed by atoms with Gasteiger partial charge in [0.15, 0.2) is 0 Å². The number of rotatable bonds is 3. The second-order valence-corrected chi connectivity index (χ2v) is 6.27. The Morgan fingerprint density at radius 3 is 2.71 bits per heavy atom. The first kappa shape index (κ1) is 16.2. The van der Waals surface area contributed by atoms with Crippen LogP contribution in [0.3, 0.4) is 0 Å². The number of aryl methyl sites for hydroxylation is 2. The summed E-state index contributed by atoms with van der Waals surface area (Å²) in [4.78, 5) is 2.65. The van der Waals surface area contributed by atoms with Gasteiger partial charge in [0, 0.05) is 16.3 Å². The molecular formula is C18H20ClNS. The second kappa shape index (κ2) is 7.17. The Balaban J connectivity index is 0.00000161. The summed E-state index contributed by atoms with van der Waals surface area (Å²) in [6.45, 7) is 2.80. The highest BCUT2D eigenvalue weighted by Crippen LogP contribution is 2.34. The fourth-order valence-corrected chi connectivity index (χ4v) is 3.62. The molecule has 2 aromatic carbocycles. The fourth-order valence-electron chi connectivity index (χ4n) is 2.66. The predicted molar refractivity (Wildman–Crippen MR) is 94.3 cm³/mol. The van der Waals surface area contributed by atoms with Gasteiger partial charge in [-0.3, -0.25) is 0 Å². The molecule has 0 saturated carbocycles. The molecule has 2 N–H and O–H groups in total. The zero-order valence-corrected chi connectivity index (χ0v) is 13.8. The van der Waals surface area contributed by atoms with Gasteiger partial charge in [-0.1, -0.05) is 42.1 Å². The highest BCUT2D eigenvalue weighted by molar-refractivity contribution is 7.99. The van der Waals surface area contributed by atoms with E-state index in [1.54, 1.807) is 0 Å². The summed E-state index contributed by atoms with van der Waals surface area (Å²) in [5.74, 6) is 0. The van der Waals surface area contributed by atoms with Crippen LogP contribution in [-0.2, 0) is 6.42 Å². The summed E-state index contributed by atoms with van der Waals surface area (Å²) in [7, 11) is 0. The van der Waals surface area contributed by atoms with Crippen molar-refractivity contribution in [2.45, 2.75) is 29.6 Å². The lowest BCUT2D eigenvalue weighted by Crippen LogP contribution is -2.08. The van der Waals surface area contributed by atoms with Gasteiger partial charge in [0.2, 0.25) is 0 Å². The fraction of sp³-hybridized carbons (Fsp3) is 0.222. The highest BCUT2D eigenvalue weighted by Gasteiger charge is 2.12. The molecule has 0 fully saturated rings. The van der Waals surface area contributed by atoms with Gasteiger partial charge < -0.3 is 5.73 Å². The maximum atomic E-state index is 5.83. The third-order valence-electron chi connectivity index (χ3n) is 3.77. The number of hydrogen-bond acceptors (Lipinski definition) is 2. The van der Waals surface area contributed by atoms with Crippen LogP contribution in [0.5, 0.6) is 0 Å². The quantitative estimate of drug-likeness (QED) is 0.875. The zero-order chi connectivity index (χ0) is 13.9. The van der Waals surface area contributed by atoms with Crippen LogP contribution in [0.4, 0.5) is 0 Å².